The number of hydrogen-bond donors (Lipinski definition) is 0. The lowest BCUT2D eigenvalue weighted by molar-refractivity contribution is -0.686. The number of fused-ring (bicyclic) bond motifs is 7. The van der Waals surface area contributed by atoms with Crippen LogP contribution in [0.2, 0.25) is 0 Å². The number of rotatable bonds is 2. The van der Waals surface area contributed by atoms with Crippen LogP contribution in [0.15, 0.2) is 54.7 Å². The second kappa shape index (κ2) is 8.20. The van der Waals surface area contributed by atoms with Crippen LogP contribution in [0.25, 0.3) is 22.0 Å². The fourth-order valence-electron chi connectivity index (χ4n) is 5.29. The Hall–Kier alpha value is -3.65. The Balaban J connectivity index is 0.00000240. The third-order valence-electron chi connectivity index (χ3n) is 6.87. The molecule has 0 atom stereocenters. The quantitative estimate of drug-likeness (QED) is 0.386. The Morgan fingerprint density at radius 3 is 2.44 bits per heavy atom. The summed E-state index contributed by atoms with van der Waals surface area (Å²) in [5.41, 5.74) is 3.95. The first kappa shape index (κ1) is 22.8. The number of alkyl halides is 3. The lowest BCUT2D eigenvalue weighted by Crippen LogP contribution is -3.00. The van der Waals surface area contributed by atoms with Crippen LogP contribution in [0, 0.1) is 0 Å². The minimum absolute atomic E-state index is 0. The van der Waals surface area contributed by atoms with E-state index in [0.717, 1.165) is 57.9 Å². The molecule has 0 fully saturated rings. The molecule has 0 saturated carbocycles. The minimum Gasteiger partial charge on any atom is -1.00 e. The van der Waals surface area contributed by atoms with Crippen molar-refractivity contribution in [1.29, 1.82) is 0 Å². The maximum Gasteiger partial charge on any atom is 0.416 e. The van der Waals surface area contributed by atoms with Gasteiger partial charge in [-0.25, -0.2) is 0 Å². The van der Waals surface area contributed by atoms with Gasteiger partial charge in [-0.05, 0) is 41.5 Å². The van der Waals surface area contributed by atoms with Crippen molar-refractivity contribution in [3.05, 3.63) is 77.0 Å². The van der Waals surface area contributed by atoms with Crippen molar-refractivity contribution < 1.29 is 49.1 Å². The zero-order valence-electron chi connectivity index (χ0n) is 18.8. The van der Waals surface area contributed by atoms with Crippen molar-refractivity contribution in [2.24, 2.45) is 0 Å². The maximum absolute atomic E-state index is 13.4. The highest BCUT2D eigenvalue weighted by atomic mass is 35.5. The molecule has 1 aromatic heterocycles. The van der Waals surface area contributed by atoms with Gasteiger partial charge in [0.1, 0.15) is 0 Å². The Morgan fingerprint density at radius 2 is 1.61 bits per heavy atom. The summed E-state index contributed by atoms with van der Waals surface area (Å²) in [6, 6.07) is 13.4. The van der Waals surface area contributed by atoms with Gasteiger partial charge >= 0.3 is 6.18 Å². The Bertz CT molecular complexity index is 1540. The van der Waals surface area contributed by atoms with Crippen LogP contribution in [0.3, 0.4) is 0 Å². The number of pyridine rings is 1. The molecule has 0 unspecified atom stereocenters. The van der Waals surface area contributed by atoms with Crippen LogP contribution >= 0.6 is 0 Å². The predicted octanol–water partition coefficient (Wildman–Crippen LogP) is 2.42. The molecule has 0 N–H and O–H groups in total. The highest BCUT2D eigenvalue weighted by Crippen LogP contribution is 2.45. The first-order valence-corrected chi connectivity index (χ1v) is 11.3. The number of aromatic nitrogens is 1. The van der Waals surface area contributed by atoms with Gasteiger partial charge in [0, 0.05) is 23.8 Å². The molecule has 9 heteroatoms. The predicted molar refractivity (Wildman–Crippen MR) is 120 cm³/mol. The summed E-state index contributed by atoms with van der Waals surface area (Å²) in [6.45, 7) is 1.04. The zero-order valence-corrected chi connectivity index (χ0v) is 19.6. The van der Waals surface area contributed by atoms with Crippen LogP contribution in [0.5, 0.6) is 23.0 Å². The van der Waals surface area contributed by atoms with Gasteiger partial charge in [-0.15, -0.1) is 0 Å². The summed E-state index contributed by atoms with van der Waals surface area (Å²) in [6.07, 6.45) is -1.23. The first-order valence-electron chi connectivity index (χ1n) is 11.3. The fourth-order valence-corrected chi connectivity index (χ4v) is 5.29. The second-order valence-electron chi connectivity index (χ2n) is 8.90. The Morgan fingerprint density at radius 1 is 0.833 bits per heavy atom. The average molecular weight is 514 g/mol. The minimum atomic E-state index is -4.40. The van der Waals surface area contributed by atoms with Crippen LogP contribution in [0.4, 0.5) is 13.2 Å². The summed E-state index contributed by atoms with van der Waals surface area (Å²) in [7, 11) is 0. The molecule has 36 heavy (non-hydrogen) atoms. The van der Waals surface area contributed by atoms with E-state index in [4.69, 9.17) is 18.9 Å². The molecule has 3 aliphatic rings. The van der Waals surface area contributed by atoms with Crippen molar-refractivity contribution in [1.82, 2.24) is 0 Å². The van der Waals surface area contributed by atoms with Crippen molar-refractivity contribution in [2.45, 2.75) is 25.6 Å². The van der Waals surface area contributed by atoms with Crippen molar-refractivity contribution in [3.8, 4) is 34.3 Å². The van der Waals surface area contributed by atoms with Crippen LogP contribution in [-0.2, 0) is 25.6 Å². The lowest BCUT2D eigenvalue weighted by atomic mass is 9.88. The topological polar surface area (TPSA) is 40.8 Å². The van der Waals surface area contributed by atoms with Gasteiger partial charge in [0.05, 0.1) is 16.5 Å². The van der Waals surface area contributed by atoms with E-state index in [2.05, 4.69) is 10.8 Å². The van der Waals surface area contributed by atoms with Crippen LogP contribution in [0.1, 0.15) is 22.3 Å². The van der Waals surface area contributed by atoms with Gasteiger partial charge in [-0.2, -0.15) is 17.7 Å². The molecule has 0 spiro atoms. The molecule has 4 heterocycles. The van der Waals surface area contributed by atoms with E-state index >= 15 is 0 Å². The normalized spacial score (nSPS) is 14.9. The molecule has 3 aromatic carbocycles. The van der Waals surface area contributed by atoms with Crippen molar-refractivity contribution in [2.75, 3.05) is 13.6 Å². The standard InChI is InChI=1S/C27H19F3NO4.ClH/c28-27(29,30)17-3-1-2-15(8-17)9-20-18-4-5-22-26(35-14-32-22)21(18)12-31-7-6-16-10-23-24(34-13-33-23)11-19(16)25(20)31;/h1-5,8,10-12H,6-7,9,13-14H2;1H/q+1;/p-1. The molecule has 3 aliphatic heterocycles. The molecule has 7 rings (SSSR count). The Labute approximate surface area is 210 Å². The summed E-state index contributed by atoms with van der Waals surface area (Å²) in [5, 5.41) is 1.80. The van der Waals surface area contributed by atoms with E-state index in [0.29, 0.717) is 29.2 Å². The maximum atomic E-state index is 13.4. The van der Waals surface area contributed by atoms with E-state index < -0.39 is 11.7 Å². The van der Waals surface area contributed by atoms with Crippen molar-refractivity contribution in [3.63, 3.8) is 0 Å². The molecule has 0 aliphatic carbocycles. The molecule has 184 valence electrons. The fraction of sp³-hybridized carbons (Fsp3) is 0.222. The van der Waals surface area contributed by atoms with Crippen LogP contribution in [-0.4, -0.2) is 13.6 Å². The molecule has 0 bridgehead atoms. The smallest absolute Gasteiger partial charge is 0.416 e. The SMILES string of the molecule is FC(F)(F)c1cccc(Cc2c3[n+](cc4c5c(ccc24)OCO5)CCc2cc4c(cc2-3)OCO4)c1.[Cl-]. The van der Waals surface area contributed by atoms with Crippen molar-refractivity contribution >= 4 is 10.8 Å². The summed E-state index contributed by atoms with van der Waals surface area (Å²) in [4.78, 5) is 0. The van der Waals surface area contributed by atoms with Crippen LogP contribution < -0.4 is 35.9 Å². The lowest BCUT2D eigenvalue weighted by Gasteiger charge is -2.20. The summed E-state index contributed by atoms with van der Waals surface area (Å²) in [5.74, 6) is 2.73. The van der Waals surface area contributed by atoms with E-state index in [-0.39, 0.29) is 26.0 Å². The van der Waals surface area contributed by atoms with E-state index in [1.165, 1.54) is 12.1 Å². The van der Waals surface area contributed by atoms with Gasteiger partial charge < -0.3 is 31.4 Å². The second-order valence-corrected chi connectivity index (χ2v) is 8.90. The number of hydrogen-bond acceptors (Lipinski definition) is 4. The third-order valence-corrected chi connectivity index (χ3v) is 6.87. The molecule has 0 saturated heterocycles. The Kier molecular flexibility index (Phi) is 5.19. The highest BCUT2D eigenvalue weighted by Gasteiger charge is 2.34. The molecular formula is C27H19ClF3NO4. The summed E-state index contributed by atoms with van der Waals surface area (Å²) < 4.78 is 65.1. The van der Waals surface area contributed by atoms with E-state index in [9.17, 15) is 13.2 Å². The molecule has 0 amide bonds. The molecule has 5 nitrogen and oxygen atoms in total. The van der Waals surface area contributed by atoms with Gasteiger partial charge in [0.2, 0.25) is 19.3 Å². The average Bonchev–Trinajstić information content (AvgIpc) is 3.51. The number of benzene rings is 3. The highest BCUT2D eigenvalue weighted by molar-refractivity contribution is 5.95. The largest absolute Gasteiger partial charge is 1.00 e. The number of ether oxygens (including phenoxy) is 4. The summed E-state index contributed by atoms with van der Waals surface area (Å²) >= 11 is 0. The van der Waals surface area contributed by atoms with Gasteiger partial charge in [0.25, 0.3) is 0 Å². The number of halogens is 4. The van der Waals surface area contributed by atoms with Gasteiger partial charge in [-0.1, -0.05) is 18.2 Å². The first-order chi connectivity index (χ1) is 17.0. The zero-order chi connectivity index (χ0) is 23.7. The number of nitrogens with zero attached hydrogens (tertiary/aromatic N) is 1. The van der Waals surface area contributed by atoms with Gasteiger partial charge in [0.15, 0.2) is 35.7 Å². The third kappa shape index (κ3) is 3.51. The van der Waals surface area contributed by atoms with E-state index in [1.807, 2.05) is 24.3 Å². The monoisotopic (exact) mass is 513 g/mol. The number of aryl methyl sites for hydroxylation is 2. The van der Waals surface area contributed by atoms with Gasteiger partial charge in [-0.3, -0.25) is 0 Å². The molecular weight excluding hydrogens is 495 g/mol. The van der Waals surface area contributed by atoms with E-state index in [1.54, 1.807) is 6.07 Å². The molecule has 0 radical (unpaired) electrons. The molecule has 4 aromatic rings.